The van der Waals surface area contributed by atoms with Crippen molar-refractivity contribution in [2.45, 2.75) is 13.3 Å². The van der Waals surface area contributed by atoms with Crippen molar-refractivity contribution in [3.63, 3.8) is 0 Å². The van der Waals surface area contributed by atoms with Crippen molar-refractivity contribution in [2.24, 2.45) is 0 Å². The van der Waals surface area contributed by atoms with Crippen LogP contribution in [-0.4, -0.2) is 18.9 Å². The van der Waals surface area contributed by atoms with E-state index in [-0.39, 0.29) is 18.2 Å². The predicted octanol–water partition coefficient (Wildman–Crippen LogP) is 3.00. The van der Waals surface area contributed by atoms with E-state index in [4.69, 9.17) is 0 Å². The highest BCUT2D eigenvalue weighted by atomic mass is 32.1. The van der Waals surface area contributed by atoms with Crippen LogP contribution >= 0.6 is 11.3 Å². The minimum Gasteiger partial charge on any atom is -0.469 e. The van der Waals surface area contributed by atoms with Gasteiger partial charge in [-0.2, -0.15) is 0 Å². The zero-order chi connectivity index (χ0) is 13.8. The maximum Gasteiger partial charge on any atom is 0.310 e. The van der Waals surface area contributed by atoms with Gasteiger partial charge in [0.1, 0.15) is 0 Å². The summed E-state index contributed by atoms with van der Waals surface area (Å²) in [5.41, 5.74) is 1.78. The molecule has 0 unspecified atom stereocenters. The van der Waals surface area contributed by atoms with E-state index in [1.807, 2.05) is 31.2 Å². The first-order valence-electron chi connectivity index (χ1n) is 5.87. The Morgan fingerprint density at radius 2 is 1.79 bits per heavy atom. The molecule has 0 aliphatic carbocycles. The lowest BCUT2D eigenvalue weighted by Crippen LogP contribution is -2.02. The number of aryl methyl sites for hydroxylation is 1. The molecule has 3 nitrogen and oxygen atoms in total. The Bertz CT molecular complexity index is 596. The lowest BCUT2D eigenvalue weighted by Gasteiger charge is -1.99. The van der Waals surface area contributed by atoms with Crippen LogP contribution in [0.4, 0.5) is 0 Å². The second-order valence-corrected chi connectivity index (χ2v) is 5.38. The van der Waals surface area contributed by atoms with E-state index in [0.717, 1.165) is 10.4 Å². The Kier molecular flexibility index (Phi) is 4.12. The molecule has 0 amide bonds. The van der Waals surface area contributed by atoms with E-state index in [0.29, 0.717) is 10.4 Å². The third kappa shape index (κ3) is 3.29. The van der Waals surface area contributed by atoms with Gasteiger partial charge >= 0.3 is 5.97 Å². The van der Waals surface area contributed by atoms with Gasteiger partial charge in [0.15, 0.2) is 0 Å². The standard InChI is InChI=1S/C15H14O3S/c1-10-3-5-11(6-4-10)15(17)13-8-7-12(19-13)9-14(16)18-2/h3-8H,9H2,1-2H3. The maximum atomic E-state index is 12.2. The number of hydrogen-bond donors (Lipinski definition) is 0. The van der Waals surface area contributed by atoms with Crippen LogP contribution in [0, 0.1) is 6.92 Å². The largest absolute Gasteiger partial charge is 0.469 e. The van der Waals surface area contributed by atoms with Crippen LogP contribution in [-0.2, 0) is 16.0 Å². The average molecular weight is 274 g/mol. The number of methoxy groups -OCH3 is 1. The smallest absolute Gasteiger partial charge is 0.310 e. The first-order chi connectivity index (χ1) is 9.10. The van der Waals surface area contributed by atoms with E-state index in [1.165, 1.54) is 18.4 Å². The Morgan fingerprint density at radius 1 is 1.11 bits per heavy atom. The summed E-state index contributed by atoms with van der Waals surface area (Å²) in [5, 5.41) is 0. The molecular formula is C15H14O3S. The second kappa shape index (κ2) is 5.80. The maximum absolute atomic E-state index is 12.2. The van der Waals surface area contributed by atoms with Crippen LogP contribution in [0.15, 0.2) is 36.4 Å². The minimum atomic E-state index is -0.295. The molecule has 0 aliphatic heterocycles. The van der Waals surface area contributed by atoms with Crippen LogP contribution in [0.1, 0.15) is 25.7 Å². The van der Waals surface area contributed by atoms with Crippen LogP contribution in [0.3, 0.4) is 0 Å². The average Bonchev–Trinajstić information content (AvgIpc) is 2.87. The highest BCUT2D eigenvalue weighted by molar-refractivity contribution is 7.14. The zero-order valence-electron chi connectivity index (χ0n) is 10.8. The van der Waals surface area contributed by atoms with Crippen LogP contribution < -0.4 is 0 Å². The summed E-state index contributed by atoms with van der Waals surface area (Å²) in [4.78, 5) is 24.9. The van der Waals surface area contributed by atoms with Gasteiger partial charge < -0.3 is 4.74 Å². The third-order valence-corrected chi connectivity index (χ3v) is 3.83. The lowest BCUT2D eigenvalue weighted by atomic mass is 10.1. The lowest BCUT2D eigenvalue weighted by molar-refractivity contribution is -0.139. The van der Waals surface area contributed by atoms with Crippen LogP contribution in [0.5, 0.6) is 0 Å². The van der Waals surface area contributed by atoms with Crippen molar-refractivity contribution >= 4 is 23.1 Å². The molecule has 0 N–H and O–H groups in total. The molecule has 0 aliphatic rings. The van der Waals surface area contributed by atoms with E-state index >= 15 is 0 Å². The summed E-state index contributed by atoms with van der Waals surface area (Å²) in [5.74, 6) is -0.308. The van der Waals surface area contributed by atoms with Crippen molar-refractivity contribution in [2.75, 3.05) is 7.11 Å². The van der Waals surface area contributed by atoms with Gasteiger partial charge in [0, 0.05) is 10.4 Å². The van der Waals surface area contributed by atoms with Crippen molar-refractivity contribution in [1.82, 2.24) is 0 Å². The molecule has 1 heterocycles. The van der Waals surface area contributed by atoms with Crippen LogP contribution in [0.25, 0.3) is 0 Å². The van der Waals surface area contributed by atoms with Gasteiger partial charge in [-0.15, -0.1) is 11.3 Å². The molecule has 0 spiro atoms. The van der Waals surface area contributed by atoms with Crippen LogP contribution in [0.2, 0.25) is 0 Å². The third-order valence-electron chi connectivity index (χ3n) is 2.75. The number of ether oxygens (including phenoxy) is 1. The van der Waals surface area contributed by atoms with Crippen molar-refractivity contribution < 1.29 is 14.3 Å². The Hall–Kier alpha value is -1.94. The molecule has 1 aromatic carbocycles. The number of benzene rings is 1. The summed E-state index contributed by atoms with van der Waals surface area (Å²) in [6, 6.07) is 11.0. The molecule has 0 saturated carbocycles. The zero-order valence-corrected chi connectivity index (χ0v) is 11.6. The SMILES string of the molecule is COC(=O)Cc1ccc(C(=O)c2ccc(C)cc2)s1. The molecule has 2 aromatic rings. The molecular weight excluding hydrogens is 260 g/mol. The first kappa shape index (κ1) is 13.5. The topological polar surface area (TPSA) is 43.4 Å². The molecule has 0 bridgehead atoms. The van der Waals surface area contributed by atoms with Crippen molar-refractivity contribution in [1.29, 1.82) is 0 Å². The normalized spacial score (nSPS) is 10.2. The Balaban J connectivity index is 2.16. The fourth-order valence-corrected chi connectivity index (χ4v) is 2.61. The number of rotatable bonds is 4. The summed E-state index contributed by atoms with van der Waals surface area (Å²) < 4.78 is 4.60. The molecule has 4 heteroatoms. The number of ketones is 1. The summed E-state index contributed by atoms with van der Waals surface area (Å²) in [6.07, 6.45) is 0.211. The Morgan fingerprint density at radius 3 is 2.42 bits per heavy atom. The van der Waals surface area contributed by atoms with E-state index in [1.54, 1.807) is 12.1 Å². The summed E-state index contributed by atoms with van der Waals surface area (Å²) >= 11 is 1.33. The highest BCUT2D eigenvalue weighted by Crippen LogP contribution is 2.21. The molecule has 19 heavy (non-hydrogen) atoms. The molecule has 0 fully saturated rings. The first-order valence-corrected chi connectivity index (χ1v) is 6.68. The molecule has 98 valence electrons. The molecule has 0 atom stereocenters. The van der Waals surface area contributed by atoms with Crippen molar-refractivity contribution in [3.05, 3.63) is 57.3 Å². The summed E-state index contributed by atoms with van der Waals surface area (Å²) in [7, 11) is 1.36. The molecule has 0 saturated heterocycles. The van der Waals surface area contributed by atoms with Gasteiger partial charge in [-0.25, -0.2) is 0 Å². The number of thiophene rings is 1. The van der Waals surface area contributed by atoms with Gasteiger partial charge in [0.2, 0.25) is 5.78 Å². The number of hydrogen-bond acceptors (Lipinski definition) is 4. The van der Waals surface area contributed by atoms with Gasteiger partial charge in [-0.3, -0.25) is 9.59 Å². The fourth-order valence-electron chi connectivity index (χ4n) is 1.66. The number of esters is 1. The molecule has 2 rings (SSSR count). The molecule has 0 radical (unpaired) electrons. The second-order valence-electron chi connectivity index (χ2n) is 4.21. The number of carbonyl (C=O) groups is 2. The quantitative estimate of drug-likeness (QED) is 0.636. The van der Waals surface area contributed by atoms with E-state index in [9.17, 15) is 9.59 Å². The predicted molar refractivity (Wildman–Crippen MR) is 74.7 cm³/mol. The van der Waals surface area contributed by atoms with Gasteiger partial charge in [-0.1, -0.05) is 29.8 Å². The summed E-state index contributed by atoms with van der Waals surface area (Å²) in [6.45, 7) is 1.98. The minimum absolute atomic E-state index is 0.0129. The van der Waals surface area contributed by atoms with E-state index < -0.39 is 0 Å². The van der Waals surface area contributed by atoms with Gasteiger partial charge in [-0.05, 0) is 19.1 Å². The van der Waals surface area contributed by atoms with Gasteiger partial charge in [0.25, 0.3) is 0 Å². The van der Waals surface area contributed by atoms with Crippen molar-refractivity contribution in [3.8, 4) is 0 Å². The highest BCUT2D eigenvalue weighted by Gasteiger charge is 2.13. The molecule has 1 aromatic heterocycles. The number of carbonyl (C=O) groups excluding carboxylic acids is 2. The van der Waals surface area contributed by atoms with E-state index in [2.05, 4.69) is 4.74 Å². The van der Waals surface area contributed by atoms with Gasteiger partial charge in [0.05, 0.1) is 18.4 Å². The fraction of sp³-hybridized carbons (Fsp3) is 0.200. The Labute approximate surface area is 115 Å². The monoisotopic (exact) mass is 274 g/mol.